The zero-order chi connectivity index (χ0) is 14.8. The molecule has 20 heavy (non-hydrogen) atoms. The minimum Gasteiger partial charge on any atom is -0.497 e. The number of carbonyl (C=O) groups is 1. The highest BCUT2D eigenvalue weighted by atomic mass is 32.2. The third-order valence-corrected chi connectivity index (χ3v) is 5.18. The minimum atomic E-state index is -3.64. The summed E-state index contributed by atoms with van der Waals surface area (Å²) in [5, 5.41) is 9.07. The van der Waals surface area contributed by atoms with Crippen molar-refractivity contribution in [3.63, 3.8) is 0 Å². The molecule has 110 valence electrons. The van der Waals surface area contributed by atoms with E-state index in [1.165, 1.54) is 7.11 Å². The van der Waals surface area contributed by atoms with Crippen LogP contribution >= 0.6 is 0 Å². The van der Waals surface area contributed by atoms with Crippen molar-refractivity contribution in [3.8, 4) is 5.75 Å². The molecular weight excluding hydrogens is 282 g/mol. The Morgan fingerprint density at radius 3 is 2.90 bits per heavy atom. The van der Waals surface area contributed by atoms with Gasteiger partial charge in [-0.3, -0.25) is 4.79 Å². The number of sulfonamides is 1. The quantitative estimate of drug-likeness (QED) is 0.879. The fourth-order valence-corrected chi connectivity index (χ4v) is 4.13. The Bertz CT molecular complexity index is 599. The third-order valence-electron chi connectivity index (χ3n) is 3.33. The predicted molar refractivity (Wildman–Crippen MR) is 73.0 cm³/mol. The molecule has 7 heteroatoms. The van der Waals surface area contributed by atoms with Crippen LogP contribution in [-0.4, -0.2) is 43.5 Å². The van der Waals surface area contributed by atoms with E-state index in [-0.39, 0.29) is 12.3 Å². The molecule has 1 atom stereocenters. The van der Waals surface area contributed by atoms with Crippen molar-refractivity contribution >= 4 is 16.0 Å². The number of rotatable bonds is 5. The van der Waals surface area contributed by atoms with E-state index in [4.69, 9.17) is 9.84 Å². The van der Waals surface area contributed by atoms with Crippen LogP contribution in [0.5, 0.6) is 5.75 Å². The number of carboxylic acids is 1. The lowest BCUT2D eigenvalue weighted by Crippen LogP contribution is -2.40. The Labute approximate surface area is 118 Å². The summed E-state index contributed by atoms with van der Waals surface area (Å²) in [6.07, 6.45) is 0.945. The lowest BCUT2D eigenvalue weighted by molar-refractivity contribution is -0.140. The summed E-state index contributed by atoms with van der Waals surface area (Å²) in [7, 11) is -2.13. The summed E-state index contributed by atoms with van der Waals surface area (Å²) >= 11 is 0. The molecule has 1 aliphatic heterocycles. The van der Waals surface area contributed by atoms with Gasteiger partial charge in [0.1, 0.15) is 11.8 Å². The van der Waals surface area contributed by atoms with E-state index in [1.807, 2.05) is 0 Å². The Kier molecular flexibility index (Phi) is 4.29. The zero-order valence-electron chi connectivity index (χ0n) is 11.2. The van der Waals surface area contributed by atoms with E-state index in [0.717, 1.165) is 4.31 Å². The molecule has 1 aromatic rings. The van der Waals surface area contributed by atoms with Gasteiger partial charge in [0, 0.05) is 6.54 Å². The molecule has 1 saturated heterocycles. The van der Waals surface area contributed by atoms with E-state index < -0.39 is 22.0 Å². The van der Waals surface area contributed by atoms with Crippen LogP contribution in [0.4, 0.5) is 0 Å². The van der Waals surface area contributed by atoms with Gasteiger partial charge in [-0.2, -0.15) is 4.31 Å². The number of aliphatic carboxylic acids is 1. The highest BCUT2D eigenvalue weighted by molar-refractivity contribution is 7.88. The number of benzene rings is 1. The van der Waals surface area contributed by atoms with E-state index >= 15 is 0 Å². The molecule has 0 spiro atoms. The molecule has 0 aromatic heterocycles. The van der Waals surface area contributed by atoms with E-state index in [1.54, 1.807) is 24.3 Å². The molecule has 1 aliphatic rings. The summed E-state index contributed by atoms with van der Waals surface area (Å²) in [4.78, 5) is 11.1. The van der Waals surface area contributed by atoms with Gasteiger partial charge in [0.25, 0.3) is 0 Å². The van der Waals surface area contributed by atoms with Crippen molar-refractivity contribution in [2.24, 2.45) is 0 Å². The molecule has 0 bridgehead atoms. The summed E-state index contributed by atoms with van der Waals surface area (Å²) in [5.74, 6) is -0.723. The van der Waals surface area contributed by atoms with Crippen LogP contribution in [-0.2, 0) is 20.6 Å². The molecule has 1 N–H and O–H groups in total. The zero-order valence-corrected chi connectivity index (χ0v) is 12.0. The van der Waals surface area contributed by atoms with Crippen LogP contribution in [0.3, 0.4) is 0 Å². The van der Waals surface area contributed by atoms with E-state index in [2.05, 4.69) is 0 Å². The van der Waals surface area contributed by atoms with Gasteiger partial charge in [0.05, 0.1) is 12.9 Å². The maximum absolute atomic E-state index is 12.3. The van der Waals surface area contributed by atoms with Gasteiger partial charge in [0.2, 0.25) is 10.0 Å². The second-order valence-corrected chi connectivity index (χ2v) is 6.64. The van der Waals surface area contributed by atoms with Gasteiger partial charge < -0.3 is 9.84 Å². The van der Waals surface area contributed by atoms with Gasteiger partial charge in [-0.25, -0.2) is 8.42 Å². The van der Waals surface area contributed by atoms with Gasteiger partial charge in [-0.1, -0.05) is 12.1 Å². The molecule has 1 heterocycles. The maximum Gasteiger partial charge on any atom is 0.322 e. The normalized spacial score (nSPS) is 19.9. The second-order valence-electron chi connectivity index (χ2n) is 4.71. The van der Waals surface area contributed by atoms with Gasteiger partial charge in [-0.05, 0) is 30.5 Å². The van der Waals surface area contributed by atoms with Crippen molar-refractivity contribution in [2.75, 3.05) is 13.7 Å². The van der Waals surface area contributed by atoms with Crippen molar-refractivity contribution in [1.29, 1.82) is 0 Å². The summed E-state index contributed by atoms with van der Waals surface area (Å²) in [6, 6.07) is 5.83. The number of nitrogens with zero attached hydrogens (tertiary/aromatic N) is 1. The number of carboxylic acid groups (broad SMARTS) is 1. The minimum absolute atomic E-state index is 0.214. The average molecular weight is 299 g/mol. The van der Waals surface area contributed by atoms with Crippen LogP contribution in [0.25, 0.3) is 0 Å². The maximum atomic E-state index is 12.3. The van der Waals surface area contributed by atoms with Crippen molar-refractivity contribution in [1.82, 2.24) is 4.31 Å². The van der Waals surface area contributed by atoms with E-state index in [9.17, 15) is 13.2 Å². The first-order valence-electron chi connectivity index (χ1n) is 6.29. The second kappa shape index (κ2) is 5.80. The SMILES string of the molecule is COc1cccc(CS(=O)(=O)N2CCC[C@@H]2C(=O)O)c1. The van der Waals surface area contributed by atoms with Gasteiger partial charge in [0.15, 0.2) is 0 Å². The molecule has 6 nitrogen and oxygen atoms in total. The molecule has 1 aromatic carbocycles. The first-order valence-corrected chi connectivity index (χ1v) is 7.90. The number of methoxy groups -OCH3 is 1. The fourth-order valence-electron chi connectivity index (χ4n) is 2.38. The molecule has 0 saturated carbocycles. The average Bonchev–Trinajstić information content (AvgIpc) is 2.88. The Hall–Kier alpha value is -1.60. The fraction of sp³-hybridized carbons (Fsp3) is 0.462. The Morgan fingerprint density at radius 2 is 2.25 bits per heavy atom. The van der Waals surface area contributed by atoms with Crippen molar-refractivity contribution < 1.29 is 23.1 Å². The first-order chi connectivity index (χ1) is 9.44. The molecule has 1 fully saturated rings. The first kappa shape index (κ1) is 14.8. The molecule has 0 unspecified atom stereocenters. The van der Waals surface area contributed by atoms with E-state index in [0.29, 0.717) is 24.2 Å². The molecular formula is C13H17NO5S. The molecule has 0 amide bonds. The van der Waals surface area contributed by atoms with Gasteiger partial charge in [-0.15, -0.1) is 0 Å². The topological polar surface area (TPSA) is 83.9 Å². The molecule has 0 aliphatic carbocycles. The van der Waals surface area contributed by atoms with Crippen molar-refractivity contribution in [3.05, 3.63) is 29.8 Å². The van der Waals surface area contributed by atoms with Crippen molar-refractivity contribution in [2.45, 2.75) is 24.6 Å². The Balaban J connectivity index is 2.20. The number of ether oxygens (including phenoxy) is 1. The standard InChI is InChI=1S/C13H17NO5S/c1-19-11-5-2-4-10(8-11)9-20(17,18)14-7-3-6-12(14)13(15)16/h2,4-5,8,12H,3,6-7,9H2,1H3,(H,15,16)/t12-/m1/s1. The van der Waals surface area contributed by atoms with Crippen LogP contribution in [0, 0.1) is 0 Å². The number of hydrogen-bond donors (Lipinski definition) is 1. The summed E-state index contributed by atoms with van der Waals surface area (Å²) in [5.41, 5.74) is 0.584. The predicted octanol–water partition coefficient (Wildman–Crippen LogP) is 1.07. The summed E-state index contributed by atoms with van der Waals surface area (Å²) < 4.78 is 30.8. The molecule has 2 rings (SSSR count). The smallest absolute Gasteiger partial charge is 0.322 e. The van der Waals surface area contributed by atoms with Gasteiger partial charge >= 0.3 is 5.97 Å². The highest BCUT2D eigenvalue weighted by Gasteiger charge is 2.38. The monoisotopic (exact) mass is 299 g/mol. The number of hydrogen-bond acceptors (Lipinski definition) is 4. The largest absolute Gasteiger partial charge is 0.497 e. The lowest BCUT2D eigenvalue weighted by Gasteiger charge is -2.21. The summed E-state index contributed by atoms with van der Waals surface area (Å²) in [6.45, 7) is 0.267. The van der Waals surface area contributed by atoms with Crippen LogP contribution in [0.15, 0.2) is 24.3 Å². The van der Waals surface area contributed by atoms with Crippen LogP contribution in [0.1, 0.15) is 18.4 Å². The van der Waals surface area contributed by atoms with Crippen LogP contribution < -0.4 is 4.74 Å². The lowest BCUT2D eigenvalue weighted by atomic mass is 10.2. The Morgan fingerprint density at radius 1 is 1.50 bits per heavy atom. The van der Waals surface area contributed by atoms with Crippen LogP contribution in [0.2, 0.25) is 0 Å². The molecule has 0 radical (unpaired) electrons. The highest BCUT2D eigenvalue weighted by Crippen LogP contribution is 2.24. The third kappa shape index (κ3) is 3.10.